The van der Waals surface area contributed by atoms with E-state index in [0.29, 0.717) is 5.56 Å². The minimum Gasteiger partial charge on any atom is -0.508 e. The maximum atomic E-state index is 10.8. The van der Waals surface area contributed by atoms with Crippen LogP contribution in [0.15, 0.2) is 24.3 Å². The second kappa shape index (κ2) is 5.00. The van der Waals surface area contributed by atoms with Crippen molar-refractivity contribution in [2.45, 2.75) is 11.4 Å². The van der Waals surface area contributed by atoms with Gasteiger partial charge in [0.2, 0.25) is 0 Å². The molecule has 0 fully saturated rings. The van der Waals surface area contributed by atoms with Crippen molar-refractivity contribution in [3.8, 4) is 5.75 Å². The summed E-state index contributed by atoms with van der Waals surface area (Å²) in [7, 11) is 1.54. The van der Waals surface area contributed by atoms with Gasteiger partial charge in [-0.1, -0.05) is 12.1 Å². The Kier molecular flexibility index (Phi) is 3.94. The molecule has 0 saturated carbocycles. The number of alkyl halides is 1. The van der Waals surface area contributed by atoms with Crippen molar-refractivity contribution < 1.29 is 15.0 Å². The number of phenolic OH excluding ortho intramolecular Hbond substituents is 1. The van der Waals surface area contributed by atoms with Gasteiger partial charge in [0.15, 0.2) is 0 Å². The lowest BCUT2D eigenvalue weighted by Crippen LogP contribution is -2.37. The highest BCUT2D eigenvalue weighted by atomic mass is 35.5. The van der Waals surface area contributed by atoms with Gasteiger partial charge in [0, 0.05) is 0 Å². The van der Waals surface area contributed by atoms with Crippen molar-refractivity contribution in [1.29, 1.82) is 0 Å². The topological polar surface area (TPSA) is 69.6 Å². The van der Waals surface area contributed by atoms with Crippen LogP contribution in [0, 0.1) is 0 Å². The number of hydrogen-bond donors (Lipinski definition) is 3. The smallest absolute Gasteiger partial charge is 0.322 e. The molecule has 0 aromatic heterocycles. The Morgan fingerprint density at radius 3 is 2.33 bits per heavy atom. The number of benzene rings is 1. The molecule has 1 unspecified atom stereocenters. The molecule has 0 radical (unpaired) electrons. The summed E-state index contributed by atoms with van der Waals surface area (Å²) in [5.41, 5.74) is 0.649. The number of carboxylic acid groups (broad SMARTS) is 1. The molecule has 2 atom stereocenters. The molecular weight excluding hydrogens is 218 g/mol. The monoisotopic (exact) mass is 229 g/mol. The third kappa shape index (κ3) is 2.84. The largest absolute Gasteiger partial charge is 0.508 e. The second-order valence-corrected chi connectivity index (χ2v) is 3.57. The first-order chi connectivity index (χ1) is 7.06. The minimum atomic E-state index is -1.01. The molecule has 0 aliphatic carbocycles. The van der Waals surface area contributed by atoms with Gasteiger partial charge in [-0.3, -0.25) is 4.79 Å². The van der Waals surface area contributed by atoms with E-state index in [0.717, 1.165) is 0 Å². The van der Waals surface area contributed by atoms with E-state index in [1.54, 1.807) is 12.1 Å². The van der Waals surface area contributed by atoms with Crippen LogP contribution in [0.2, 0.25) is 0 Å². The lowest BCUT2D eigenvalue weighted by atomic mass is 10.1. The summed E-state index contributed by atoms with van der Waals surface area (Å²) in [6, 6.07) is 5.29. The third-order valence-electron chi connectivity index (χ3n) is 2.08. The molecule has 0 saturated heterocycles. The summed E-state index contributed by atoms with van der Waals surface area (Å²) in [4.78, 5) is 10.8. The van der Waals surface area contributed by atoms with Crippen molar-refractivity contribution in [3.63, 3.8) is 0 Å². The number of carboxylic acids is 1. The molecule has 0 heterocycles. The van der Waals surface area contributed by atoms with Gasteiger partial charge >= 0.3 is 5.97 Å². The summed E-state index contributed by atoms with van der Waals surface area (Å²) in [5, 5.41) is 19.9. The van der Waals surface area contributed by atoms with Crippen LogP contribution in [0.25, 0.3) is 0 Å². The van der Waals surface area contributed by atoms with Crippen LogP contribution in [0.4, 0.5) is 0 Å². The van der Waals surface area contributed by atoms with Crippen LogP contribution >= 0.6 is 11.6 Å². The summed E-state index contributed by atoms with van der Waals surface area (Å²) in [6.45, 7) is 0. The summed E-state index contributed by atoms with van der Waals surface area (Å²) < 4.78 is 0. The molecular formula is C10H12ClNO3. The van der Waals surface area contributed by atoms with Gasteiger partial charge in [0.25, 0.3) is 0 Å². The number of nitrogens with one attached hydrogen (secondary N) is 1. The number of likely N-dealkylation sites (N-methyl/N-ethyl adjacent to an activating group) is 1. The van der Waals surface area contributed by atoms with Crippen molar-refractivity contribution in [1.82, 2.24) is 5.32 Å². The first-order valence-electron chi connectivity index (χ1n) is 4.39. The molecule has 1 rings (SSSR count). The summed E-state index contributed by atoms with van der Waals surface area (Å²) in [5.74, 6) is -0.885. The standard InChI is InChI=1S/C10H12ClNO3/c1-12-9(10(14)15)8(11)6-2-4-7(13)5-3-6/h2-5,8-9,12-13H,1H3,(H,14,15)/t8?,9-/m1/s1. The van der Waals surface area contributed by atoms with Crippen LogP contribution in [-0.2, 0) is 4.79 Å². The van der Waals surface area contributed by atoms with Gasteiger partial charge < -0.3 is 15.5 Å². The fourth-order valence-corrected chi connectivity index (χ4v) is 1.62. The number of rotatable bonds is 4. The number of aliphatic carboxylic acids is 1. The Labute approximate surface area is 92.5 Å². The Bertz CT molecular complexity index is 339. The highest BCUT2D eigenvalue weighted by molar-refractivity contribution is 6.22. The number of carbonyl (C=O) groups is 1. The fraction of sp³-hybridized carbons (Fsp3) is 0.300. The maximum absolute atomic E-state index is 10.8. The molecule has 15 heavy (non-hydrogen) atoms. The number of halogens is 1. The summed E-state index contributed by atoms with van der Waals surface area (Å²) in [6.07, 6.45) is 0. The predicted octanol–water partition coefficient (Wildman–Crippen LogP) is 1.34. The molecule has 82 valence electrons. The lowest BCUT2D eigenvalue weighted by molar-refractivity contribution is -0.139. The van der Waals surface area contributed by atoms with Crippen LogP contribution in [0.3, 0.4) is 0 Å². The van der Waals surface area contributed by atoms with E-state index in [9.17, 15) is 4.79 Å². The van der Waals surface area contributed by atoms with Gasteiger partial charge in [0.05, 0.1) is 5.38 Å². The predicted molar refractivity (Wildman–Crippen MR) is 57.2 cm³/mol. The minimum absolute atomic E-state index is 0.124. The normalized spacial score (nSPS) is 14.5. The lowest BCUT2D eigenvalue weighted by Gasteiger charge is -2.17. The van der Waals surface area contributed by atoms with Crippen LogP contribution in [0.1, 0.15) is 10.9 Å². The van der Waals surface area contributed by atoms with Gasteiger partial charge in [-0.15, -0.1) is 11.6 Å². The molecule has 0 aliphatic heterocycles. The van der Waals surface area contributed by atoms with E-state index in [4.69, 9.17) is 21.8 Å². The molecule has 0 amide bonds. The van der Waals surface area contributed by atoms with Gasteiger partial charge in [-0.25, -0.2) is 0 Å². The van der Waals surface area contributed by atoms with Gasteiger partial charge in [0.1, 0.15) is 11.8 Å². The van der Waals surface area contributed by atoms with E-state index in [1.165, 1.54) is 19.2 Å². The second-order valence-electron chi connectivity index (χ2n) is 3.10. The Morgan fingerprint density at radius 1 is 1.40 bits per heavy atom. The summed E-state index contributed by atoms with van der Waals surface area (Å²) >= 11 is 5.99. The van der Waals surface area contributed by atoms with Crippen molar-refractivity contribution in [2.75, 3.05) is 7.05 Å². The van der Waals surface area contributed by atoms with E-state index < -0.39 is 17.4 Å². The highest BCUT2D eigenvalue weighted by Crippen LogP contribution is 2.25. The van der Waals surface area contributed by atoms with Crippen molar-refractivity contribution >= 4 is 17.6 Å². The van der Waals surface area contributed by atoms with E-state index in [2.05, 4.69) is 5.32 Å². The number of phenols is 1. The molecule has 5 heteroatoms. The molecule has 3 N–H and O–H groups in total. The van der Waals surface area contributed by atoms with E-state index >= 15 is 0 Å². The van der Waals surface area contributed by atoms with E-state index in [1.807, 2.05) is 0 Å². The average Bonchev–Trinajstić information content (AvgIpc) is 2.19. The third-order valence-corrected chi connectivity index (χ3v) is 2.59. The maximum Gasteiger partial charge on any atom is 0.322 e. The first kappa shape index (κ1) is 11.8. The van der Waals surface area contributed by atoms with Crippen LogP contribution < -0.4 is 5.32 Å². The molecule has 1 aromatic carbocycles. The number of aromatic hydroxyl groups is 1. The molecule has 1 aromatic rings. The van der Waals surface area contributed by atoms with Crippen LogP contribution in [-0.4, -0.2) is 29.3 Å². The van der Waals surface area contributed by atoms with Crippen LogP contribution in [0.5, 0.6) is 5.75 Å². The van der Waals surface area contributed by atoms with Gasteiger partial charge in [-0.2, -0.15) is 0 Å². The Morgan fingerprint density at radius 2 is 1.93 bits per heavy atom. The molecule has 0 spiro atoms. The van der Waals surface area contributed by atoms with E-state index in [-0.39, 0.29) is 5.75 Å². The Balaban J connectivity index is 2.87. The fourth-order valence-electron chi connectivity index (χ4n) is 1.25. The van der Waals surface area contributed by atoms with Crippen molar-refractivity contribution in [3.05, 3.63) is 29.8 Å². The van der Waals surface area contributed by atoms with Gasteiger partial charge in [-0.05, 0) is 24.7 Å². The zero-order valence-corrected chi connectivity index (χ0v) is 8.90. The zero-order valence-electron chi connectivity index (χ0n) is 8.14. The SMILES string of the molecule is CN[C@@H](C(=O)O)C(Cl)c1ccc(O)cc1. The highest BCUT2D eigenvalue weighted by Gasteiger charge is 2.25. The zero-order chi connectivity index (χ0) is 11.4. The average molecular weight is 230 g/mol. The Hall–Kier alpha value is -1.26. The number of hydrogen-bond acceptors (Lipinski definition) is 3. The molecule has 0 bridgehead atoms. The molecule has 4 nitrogen and oxygen atoms in total. The molecule has 0 aliphatic rings. The quantitative estimate of drug-likeness (QED) is 0.682. The van der Waals surface area contributed by atoms with Crippen molar-refractivity contribution in [2.24, 2.45) is 0 Å². The first-order valence-corrected chi connectivity index (χ1v) is 4.83.